The van der Waals surface area contributed by atoms with E-state index in [9.17, 15) is 5.11 Å². The lowest BCUT2D eigenvalue weighted by Gasteiger charge is -2.24. The fourth-order valence-electron chi connectivity index (χ4n) is 2.16. The van der Waals surface area contributed by atoms with Crippen LogP contribution in [-0.4, -0.2) is 21.8 Å². The number of aliphatic hydroxyl groups is 1. The largest absolute Gasteiger partial charge is 0.497 e. The van der Waals surface area contributed by atoms with Crippen LogP contribution in [0.25, 0.3) is 0 Å². The molecule has 2 aromatic rings. The third kappa shape index (κ3) is 2.96. The van der Waals surface area contributed by atoms with Crippen molar-refractivity contribution in [2.45, 2.75) is 32.4 Å². The first-order valence-electron chi connectivity index (χ1n) is 6.43. The van der Waals surface area contributed by atoms with Gasteiger partial charge in [-0.1, -0.05) is 12.1 Å². The van der Waals surface area contributed by atoms with Gasteiger partial charge in [-0.15, -0.1) is 0 Å². The van der Waals surface area contributed by atoms with E-state index in [4.69, 9.17) is 4.74 Å². The highest BCUT2D eigenvalue weighted by Crippen LogP contribution is 2.27. The number of nitrogens with zero attached hydrogens (tertiary/aromatic N) is 2. The normalized spacial score (nSPS) is 14.1. The van der Waals surface area contributed by atoms with Gasteiger partial charge in [-0.05, 0) is 31.5 Å². The minimum atomic E-state index is -0.965. The highest BCUT2D eigenvalue weighted by atomic mass is 16.5. The highest BCUT2D eigenvalue weighted by molar-refractivity contribution is 5.32. The van der Waals surface area contributed by atoms with Crippen molar-refractivity contribution in [3.8, 4) is 5.75 Å². The second kappa shape index (κ2) is 5.45. The van der Waals surface area contributed by atoms with Crippen LogP contribution < -0.4 is 4.74 Å². The first-order valence-corrected chi connectivity index (χ1v) is 6.43. The SMILES string of the molecule is CCn1ccnc1CC(C)(O)c1cccc(OC)c1. The molecule has 0 aliphatic rings. The topological polar surface area (TPSA) is 47.3 Å². The zero-order valence-electron chi connectivity index (χ0n) is 11.6. The van der Waals surface area contributed by atoms with E-state index in [1.54, 1.807) is 20.2 Å². The Labute approximate surface area is 113 Å². The monoisotopic (exact) mass is 260 g/mol. The van der Waals surface area contributed by atoms with Gasteiger partial charge in [-0.2, -0.15) is 0 Å². The predicted octanol–water partition coefficient (Wildman–Crippen LogP) is 2.36. The summed E-state index contributed by atoms with van der Waals surface area (Å²) in [5.41, 5.74) is -0.134. The second-order valence-electron chi connectivity index (χ2n) is 4.81. The molecular formula is C15H20N2O2. The van der Waals surface area contributed by atoms with Crippen molar-refractivity contribution in [2.24, 2.45) is 0 Å². The lowest BCUT2D eigenvalue weighted by atomic mass is 9.92. The second-order valence-corrected chi connectivity index (χ2v) is 4.81. The number of hydrogen-bond acceptors (Lipinski definition) is 3. The Kier molecular flexibility index (Phi) is 3.90. The van der Waals surface area contributed by atoms with E-state index >= 15 is 0 Å². The van der Waals surface area contributed by atoms with E-state index < -0.39 is 5.60 Å². The van der Waals surface area contributed by atoms with Gasteiger partial charge in [-0.3, -0.25) is 0 Å². The van der Waals surface area contributed by atoms with Crippen LogP contribution in [0.4, 0.5) is 0 Å². The molecule has 0 bridgehead atoms. The molecule has 0 aliphatic heterocycles. The van der Waals surface area contributed by atoms with E-state index in [0.717, 1.165) is 23.7 Å². The standard InChI is InChI=1S/C15H20N2O2/c1-4-17-9-8-16-14(17)11-15(2,18)12-6-5-7-13(10-12)19-3/h5-10,18H,4,11H2,1-3H3. The number of hydrogen-bond donors (Lipinski definition) is 1. The van der Waals surface area contributed by atoms with Crippen molar-refractivity contribution in [3.63, 3.8) is 0 Å². The number of methoxy groups -OCH3 is 1. The molecule has 1 aromatic carbocycles. The quantitative estimate of drug-likeness (QED) is 0.897. The van der Waals surface area contributed by atoms with Crippen LogP contribution in [0.2, 0.25) is 0 Å². The molecule has 4 heteroatoms. The summed E-state index contributed by atoms with van der Waals surface area (Å²) in [6.45, 7) is 4.71. The van der Waals surface area contributed by atoms with Gasteiger partial charge in [0.25, 0.3) is 0 Å². The first kappa shape index (κ1) is 13.6. The Morgan fingerprint density at radius 1 is 1.42 bits per heavy atom. The van der Waals surface area contributed by atoms with Gasteiger partial charge in [0, 0.05) is 25.4 Å². The molecule has 1 unspecified atom stereocenters. The van der Waals surface area contributed by atoms with Crippen molar-refractivity contribution in [1.82, 2.24) is 9.55 Å². The molecule has 1 aromatic heterocycles. The van der Waals surface area contributed by atoms with E-state index in [-0.39, 0.29) is 0 Å². The summed E-state index contributed by atoms with van der Waals surface area (Å²) in [4.78, 5) is 4.31. The van der Waals surface area contributed by atoms with E-state index in [1.807, 2.05) is 35.0 Å². The van der Waals surface area contributed by atoms with Crippen molar-refractivity contribution in [2.75, 3.05) is 7.11 Å². The number of aryl methyl sites for hydroxylation is 1. The number of benzene rings is 1. The van der Waals surface area contributed by atoms with Crippen molar-refractivity contribution >= 4 is 0 Å². The van der Waals surface area contributed by atoms with Gasteiger partial charge in [0.15, 0.2) is 0 Å². The average molecular weight is 260 g/mol. The average Bonchev–Trinajstić information content (AvgIpc) is 2.85. The molecule has 4 nitrogen and oxygen atoms in total. The number of imidazole rings is 1. The molecule has 19 heavy (non-hydrogen) atoms. The zero-order valence-corrected chi connectivity index (χ0v) is 11.6. The predicted molar refractivity (Wildman–Crippen MR) is 74.2 cm³/mol. The molecule has 0 saturated carbocycles. The van der Waals surface area contributed by atoms with Crippen LogP contribution in [0.3, 0.4) is 0 Å². The first-order chi connectivity index (χ1) is 9.06. The van der Waals surface area contributed by atoms with E-state index in [2.05, 4.69) is 11.9 Å². The van der Waals surface area contributed by atoms with Crippen molar-refractivity contribution in [3.05, 3.63) is 48.0 Å². The highest BCUT2D eigenvalue weighted by Gasteiger charge is 2.26. The third-order valence-electron chi connectivity index (χ3n) is 3.34. The molecule has 1 atom stereocenters. The Hall–Kier alpha value is -1.81. The molecule has 0 fully saturated rings. The molecule has 0 saturated heterocycles. The van der Waals surface area contributed by atoms with Gasteiger partial charge in [0.05, 0.1) is 12.7 Å². The minimum Gasteiger partial charge on any atom is -0.497 e. The van der Waals surface area contributed by atoms with Crippen LogP contribution in [0.15, 0.2) is 36.7 Å². The summed E-state index contributed by atoms with van der Waals surface area (Å²) in [6, 6.07) is 7.52. The Balaban J connectivity index is 2.26. The summed E-state index contributed by atoms with van der Waals surface area (Å²) in [5.74, 6) is 1.63. The van der Waals surface area contributed by atoms with Gasteiger partial charge < -0.3 is 14.4 Å². The van der Waals surface area contributed by atoms with Crippen LogP contribution >= 0.6 is 0 Å². The molecule has 0 spiro atoms. The van der Waals surface area contributed by atoms with Crippen LogP contribution in [0.1, 0.15) is 25.2 Å². The summed E-state index contributed by atoms with van der Waals surface area (Å²) in [5, 5.41) is 10.7. The maximum absolute atomic E-state index is 10.7. The number of aromatic nitrogens is 2. The maximum Gasteiger partial charge on any atom is 0.119 e. The van der Waals surface area contributed by atoms with E-state index in [1.165, 1.54) is 0 Å². The summed E-state index contributed by atoms with van der Waals surface area (Å²) in [6.07, 6.45) is 4.17. The molecule has 1 N–H and O–H groups in total. The fourth-order valence-corrected chi connectivity index (χ4v) is 2.16. The lowest BCUT2D eigenvalue weighted by molar-refractivity contribution is 0.0543. The molecule has 0 radical (unpaired) electrons. The minimum absolute atomic E-state index is 0.473. The fraction of sp³-hybridized carbons (Fsp3) is 0.400. The summed E-state index contributed by atoms with van der Waals surface area (Å²) in [7, 11) is 1.62. The molecule has 0 aliphatic carbocycles. The van der Waals surface area contributed by atoms with E-state index in [0.29, 0.717) is 6.42 Å². The Morgan fingerprint density at radius 3 is 2.89 bits per heavy atom. The third-order valence-corrected chi connectivity index (χ3v) is 3.34. The summed E-state index contributed by atoms with van der Waals surface area (Å²) >= 11 is 0. The lowest BCUT2D eigenvalue weighted by Crippen LogP contribution is -2.26. The molecule has 102 valence electrons. The van der Waals surface area contributed by atoms with Gasteiger partial charge in [0.2, 0.25) is 0 Å². The smallest absolute Gasteiger partial charge is 0.119 e. The molecular weight excluding hydrogens is 240 g/mol. The molecule has 0 amide bonds. The summed E-state index contributed by atoms with van der Waals surface area (Å²) < 4.78 is 7.23. The van der Waals surface area contributed by atoms with Crippen LogP contribution in [-0.2, 0) is 18.6 Å². The van der Waals surface area contributed by atoms with Gasteiger partial charge in [0.1, 0.15) is 11.6 Å². The Morgan fingerprint density at radius 2 is 2.21 bits per heavy atom. The molecule has 2 rings (SSSR count). The van der Waals surface area contributed by atoms with Crippen LogP contribution in [0, 0.1) is 0 Å². The van der Waals surface area contributed by atoms with Crippen molar-refractivity contribution < 1.29 is 9.84 Å². The Bertz CT molecular complexity index is 547. The van der Waals surface area contributed by atoms with Gasteiger partial charge in [-0.25, -0.2) is 4.98 Å². The van der Waals surface area contributed by atoms with Crippen LogP contribution in [0.5, 0.6) is 5.75 Å². The molecule has 1 heterocycles. The van der Waals surface area contributed by atoms with Crippen molar-refractivity contribution in [1.29, 1.82) is 0 Å². The maximum atomic E-state index is 10.7. The van der Waals surface area contributed by atoms with Gasteiger partial charge >= 0.3 is 0 Å². The number of ether oxygens (including phenoxy) is 1. The number of rotatable bonds is 5. The zero-order chi connectivity index (χ0) is 13.9.